The van der Waals surface area contributed by atoms with Gasteiger partial charge in [-0.05, 0) is 57.1 Å². The molecule has 3 aliphatic rings. The van der Waals surface area contributed by atoms with E-state index in [0.717, 1.165) is 50.4 Å². The number of fused-ring (bicyclic) bond motifs is 1. The first-order valence-electron chi connectivity index (χ1n) is 9.54. The first-order chi connectivity index (χ1) is 12.3. The van der Waals surface area contributed by atoms with E-state index in [2.05, 4.69) is 15.4 Å². The monoisotopic (exact) mass is 356 g/mol. The Bertz CT molecular complexity index is 838. The summed E-state index contributed by atoms with van der Waals surface area (Å²) in [5, 5.41) is 8.20. The van der Waals surface area contributed by atoms with Crippen LogP contribution in [0.4, 0.5) is 0 Å². The number of thiazole rings is 1. The number of likely N-dealkylation sites (tertiary alicyclic amines) is 1. The molecule has 132 valence electrons. The highest BCUT2D eigenvalue weighted by Gasteiger charge is 2.29. The van der Waals surface area contributed by atoms with Crippen molar-refractivity contribution in [3.63, 3.8) is 0 Å². The summed E-state index contributed by atoms with van der Waals surface area (Å²) in [4.78, 5) is 19.7. The molecule has 1 saturated carbocycles. The molecule has 0 aromatic carbocycles. The van der Waals surface area contributed by atoms with Gasteiger partial charge in [-0.2, -0.15) is 5.10 Å². The molecule has 3 heterocycles. The Morgan fingerprint density at radius 1 is 1.20 bits per heavy atom. The molecule has 1 aliphatic heterocycles. The Labute approximate surface area is 151 Å². The number of rotatable bonds is 5. The van der Waals surface area contributed by atoms with Gasteiger partial charge in [-0.3, -0.25) is 9.69 Å². The number of aromatic nitrogens is 3. The van der Waals surface area contributed by atoms with Crippen molar-refractivity contribution in [2.24, 2.45) is 0 Å². The summed E-state index contributed by atoms with van der Waals surface area (Å²) >= 11 is 1.82. The molecule has 5 rings (SSSR count). The maximum atomic E-state index is 12.4. The SMILES string of the molecule is O=c1cc2c(nn1CC1CCCN1Cc1csc(C3CC3)n1)CCC2. The summed E-state index contributed by atoms with van der Waals surface area (Å²) in [5.74, 6) is 0.738. The van der Waals surface area contributed by atoms with Crippen LogP contribution in [0.3, 0.4) is 0 Å². The third-order valence-electron chi connectivity index (χ3n) is 5.77. The molecule has 2 aliphatic carbocycles. The van der Waals surface area contributed by atoms with E-state index in [4.69, 9.17) is 4.98 Å². The van der Waals surface area contributed by atoms with Crippen LogP contribution in [-0.2, 0) is 25.9 Å². The van der Waals surface area contributed by atoms with Crippen LogP contribution in [0.25, 0.3) is 0 Å². The van der Waals surface area contributed by atoms with Crippen LogP contribution in [0.2, 0.25) is 0 Å². The molecule has 0 N–H and O–H groups in total. The minimum Gasteiger partial charge on any atom is -0.293 e. The smallest absolute Gasteiger partial charge is 0.267 e. The summed E-state index contributed by atoms with van der Waals surface area (Å²) in [5.41, 5.74) is 3.57. The van der Waals surface area contributed by atoms with Gasteiger partial charge in [-0.25, -0.2) is 9.67 Å². The van der Waals surface area contributed by atoms with Crippen molar-refractivity contribution >= 4 is 11.3 Å². The fourth-order valence-corrected chi connectivity index (χ4v) is 5.18. The van der Waals surface area contributed by atoms with E-state index in [1.54, 1.807) is 4.68 Å². The Balaban J connectivity index is 1.30. The molecule has 0 spiro atoms. The Kier molecular flexibility index (Phi) is 3.97. The summed E-state index contributed by atoms with van der Waals surface area (Å²) in [6, 6.07) is 2.22. The molecule has 6 heteroatoms. The molecule has 1 atom stereocenters. The highest BCUT2D eigenvalue weighted by Crippen LogP contribution is 2.41. The van der Waals surface area contributed by atoms with Crippen molar-refractivity contribution in [3.8, 4) is 0 Å². The van der Waals surface area contributed by atoms with Crippen molar-refractivity contribution in [1.29, 1.82) is 0 Å². The van der Waals surface area contributed by atoms with Gasteiger partial charge in [-0.1, -0.05) is 0 Å². The zero-order valence-corrected chi connectivity index (χ0v) is 15.3. The number of nitrogens with zero attached hydrogens (tertiary/aromatic N) is 4. The van der Waals surface area contributed by atoms with Crippen LogP contribution in [0.5, 0.6) is 0 Å². The van der Waals surface area contributed by atoms with Crippen molar-refractivity contribution in [2.75, 3.05) is 6.54 Å². The number of hydrogen-bond acceptors (Lipinski definition) is 5. The fraction of sp³-hybridized carbons (Fsp3) is 0.632. The molecule has 1 saturated heterocycles. The van der Waals surface area contributed by atoms with Crippen molar-refractivity contribution in [3.05, 3.63) is 43.8 Å². The van der Waals surface area contributed by atoms with Crippen LogP contribution in [0.15, 0.2) is 16.2 Å². The highest BCUT2D eigenvalue weighted by atomic mass is 32.1. The van der Waals surface area contributed by atoms with E-state index >= 15 is 0 Å². The molecule has 0 radical (unpaired) electrons. The van der Waals surface area contributed by atoms with Gasteiger partial charge in [0.05, 0.1) is 22.9 Å². The maximum absolute atomic E-state index is 12.4. The average molecular weight is 356 g/mol. The van der Waals surface area contributed by atoms with E-state index < -0.39 is 0 Å². The van der Waals surface area contributed by atoms with Crippen LogP contribution < -0.4 is 5.56 Å². The van der Waals surface area contributed by atoms with Gasteiger partial charge in [0.25, 0.3) is 5.56 Å². The molecule has 1 unspecified atom stereocenters. The second-order valence-corrected chi connectivity index (χ2v) is 8.60. The Morgan fingerprint density at radius 2 is 2.12 bits per heavy atom. The summed E-state index contributed by atoms with van der Waals surface area (Å²) in [6.07, 6.45) is 8.13. The quantitative estimate of drug-likeness (QED) is 0.827. The van der Waals surface area contributed by atoms with Gasteiger partial charge in [-0.15, -0.1) is 11.3 Å². The minimum absolute atomic E-state index is 0.0668. The minimum atomic E-state index is 0.0668. The summed E-state index contributed by atoms with van der Waals surface area (Å²) in [6.45, 7) is 2.72. The topological polar surface area (TPSA) is 51.0 Å². The lowest BCUT2D eigenvalue weighted by Crippen LogP contribution is -2.37. The summed E-state index contributed by atoms with van der Waals surface area (Å²) < 4.78 is 1.71. The van der Waals surface area contributed by atoms with Crippen LogP contribution in [0, 0.1) is 0 Å². The molecule has 2 fully saturated rings. The predicted molar refractivity (Wildman–Crippen MR) is 98.0 cm³/mol. The fourth-order valence-electron chi connectivity index (χ4n) is 4.20. The van der Waals surface area contributed by atoms with Gasteiger partial charge < -0.3 is 0 Å². The summed E-state index contributed by atoms with van der Waals surface area (Å²) in [7, 11) is 0. The lowest BCUT2D eigenvalue weighted by molar-refractivity contribution is 0.214. The Hall–Kier alpha value is -1.53. The molecule has 2 aromatic heterocycles. The molecule has 0 amide bonds. The molecule has 25 heavy (non-hydrogen) atoms. The van der Waals surface area contributed by atoms with Gasteiger partial charge in [0, 0.05) is 30.0 Å². The van der Waals surface area contributed by atoms with Crippen molar-refractivity contribution in [2.45, 2.75) is 70.0 Å². The van der Waals surface area contributed by atoms with E-state index in [1.807, 2.05) is 17.4 Å². The van der Waals surface area contributed by atoms with Crippen LogP contribution >= 0.6 is 11.3 Å². The largest absolute Gasteiger partial charge is 0.293 e. The van der Waals surface area contributed by atoms with E-state index in [0.29, 0.717) is 12.6 Å². The molecule has 0 bridgehead atoms. The first kappa shape index (κ1) is 15.7. The zero-order chi connectivity index (χ0) is 16.8. The maximum Gasteiger partial charge on any atom is 0.267 e. The lowest BCUT2D eigenvalue weighted by atomic mass is 10.2. The highest BCUT2D eigenvalue weighted by molar-refractivity contribution is 7.09. The molecule has 2 aromatic rings. The standard InChI is InChI=1S/C19H24N4OS/c24-18-9-14-3-1-5-17(14)21-23(18)11-16-4-2-8-22(16)10-15-12-25-19(20-15)13-6-7-13/h9,12-13,16H,1-8,10-11H2. The van der Waals surface area contributed by atoms with Crippen LogP contribution in [-0.4, -0.2) is 32.3 Å². The van der Waals surface area contributed by atoms with Gasteiger partial charge in [0.15, 0.2) is 0 Å². The molecule has 5 nitrogen and oxygen atoms in total. The van der Waals surface area contributed by atoms with Crippen molar-refractivity contribution < 1.29 is 0 Å². The van der Waals surface area contributed by atoms with E-state index in [-0.39, 0.29) is 5.56 Å². The van der Waals surface area contributed by atoms with Gasteiger partial charge in [0.1, 0.15) is 0 Å². The second kappa shape index (κ2) is 6.32. The van der Waals surface area contributed by atoms with E-state index in [9.17, 15) is 4.79 Å². The van der Waals surface area contributed by atoms with Crippen LogP contribution in [0.1, 0.15) is 60.0 Å². The predicted octanol–water partition coefficient (Wildman–Crippen LogP) is 2.73. The van der Waals surface area contributed by atoms with E-state index in [1.165, 1.54) is 35.5 Å². The molecular formula is C19H24N4OS. The first-order valence-corrected chi connectivity index (χ1v) is 10.4. The normalized spacial score (nSPS) is 23.3. The van der Waals surface area contributed by atoms with Gasteiger partial charge >= 0.3 is 0 Å². The molecular weight excluding hydrogens is 332 g/mol. The number of aryl methyl sites for hydroxylation is 2. The lowest BCUT2D eigenvalue weighted by Gasteiger charge is -2.24. The second-order valence-electron chi connectivity index (χ2n) is 7.71. The van der Waals surface area contributed by atoms with Crippen molar-refractivity contribution in [1.82, 2.24) is 19.7 Å². The number of hydrogen-bond donors (Lipinski definition) is 0. The zero-order valence-electron chi connectivity index (χ0n) is 14.5. The average Bonchev–Trinajstić information content (AvgIpc) is 2.98. The third-order valence-corrected chi connectivity index (χ3v) is 6.82. The third kappa shape index (κ3) is 3.17. The van der Waals surface area contributed by atoms with Gasteiger partial charge in [0.2, 0.25) is 0 Å². The Morgan fingerprint density at radius 3 is 3.00 bits per heavy atom.